The minimum Gasteiger partial charge on any atom is -0.371 e. The fraction of sp³-hybridized carbons (Fsp3) is 0.735. The van der Waals surface area contributed by atoms with Crippen LogP contribution in [0.2, 0.25) is 0 Å². The number of aryl methyl sites for hydroxylation is 1. The highest BCUT2D eigenvalue weighted by Crippen LogP contribution is 2.26. The molecule has 0 bridgehead atoms. The number of benzene rings is 1. The lowest BCUT2D eigenvalue weighted by atomic mass is 9.96. The van der Waals surface area contributed by atoms with Crippen molar-refractivity contribution in [3.05, 3.63) is 41.5 Å². The Morgan fingerprint density at radius 1 is 0.821 bits per heavy atom. The zero-order chi connectivity index (χ0) is 28.3. The molecule has 0 saturated carbocycles. The van der Waals surface area contributed by atoms with E-state index in [2.05, 4.69) is 43.1 Å². The number of unbranched alkanes of at least 4 members (excludes halogenated alkanes) is 12. The number of rotatable bonds is 21. The number of aliphatic hydroxyl groups is 1. The number of nitrogens with zero attached hydrogens (tertiary/aromatic N) is 3. The maximum Gasteiger partial charge on any atom is 0.248 e. The van der Waals surface area contributed by atoms with Crippen molar-refractivity contribution in [1.82, 2.24) is 4.90 Å². The Hall–Kier alpha value is -2.01. The fourth-order valence-corrected chi connectivity index (χ4v) is 5.47. The van der Waals surface area contributed by atoms with Crippen LogP contribution in [0.5, 0.6) is 0 Å². The Labute approximate surface area is 239 Å². The number of amides is 1. The van der Waals surface area contributed by atoms with Gasteiger partial charge in [0.15, 0.2) is 6.23 Å². The van der Waals surface area contributed by atoms with Crippen LogP contribution in [-0.2, 0) is 11.2 Å². The van der Waals surface area contributed by atoms with Crippen LogP contribution in [0.15, 0.2) is 46.1 Å². The van der Waals surface area contributed by atoms with Gasteiger partial charge in [-0.1, -0.05) is 123 Å². The van der Waals surface area contributed by atoms with E-state index in [0.29, 0.717) is 12.5 Å². The van der Waals surface area contributed by atoms with Crippen LogP contribution in [-0.4, -0.2) is 34.7 Å². The number of aliphatic hydroxyl groups excluding tert-OH is 1. The molecular formula is C34H57N3O2. The zero-order valence-corrected chi connectivity index (χ0v) is 25.5. The standard InChI is InChI=1S/C34H57N3O2/c1-5-8-10-11-12-13-14-15-16-17-18-19-21-30-22-24-31(25-23-30)35-36-33-28(4)26-32(38)37(34(33)39)27-29(7-3)20-9-6-2/h22-26,29,33-34,39H,5-21,27H2,1-4H3. The van der Waals surface area contributed by atoms with Crippen molar-refractivity contribution >= 4 is 11.6 Å². The van der Waals surface area contributed by atoms with Crippen LogP contribution >= 0.6 is 0 Å². The molecule has 5 heteroatoms. The molecule has 3 atom stereocenters. The molecule has 0 radical (unpaired) electrons. The molecule has 0 aromatic heterocycles. The third kappa shape index (κ3) is 12.8. The van der Waals surface area contributed by atoms with E-state index in [9.17, 15) is 9.90 Å². The monoisotopic (exact) mass is 539 g/mol. The highest BCUT2D eigenvalue weighted by molar-refractivity contribution is 5.89. The predicted molar refractivity (Wildman–Crippen MR) is 164 cm³/mol. The molecule has 1 aliphatic heterocycles. The maximum atomic E-state index is 12.6. The molecule has 220 valence electrons. The molecule has 0 fully saturated rings. The summed E-state index contributed by atoms with van der Waals surface area (Å²) < 4.78 is 0. The van der Waals surface area contributed by atoms with Crippen molar-refractivity contribution in [3.63, 3.8) is 0 Å². The number of hydrogen-bond acceptors (Lipinski definition) is 4. The maximum absolute atomic E-state index is 12.6. The number of azo groups is 1. The average molecular weight is 540 g/mol. The van der Waals surface area contributed by atoms with Gasteiger partial charge >= 0.3 is 0 Å². The van der Waals surface area contributed by atoms with E-state index in [4.69, 9.17) is 0 Å². The van der Waals surface area contributed by atoms with Crippen molar-refractivity contribution in [3.8, 4) is 0 Å². The summed E-state index contributed by atoms with van der Waals surface area (Å²) in [4.78, 5) is 14.2. The second-order valence-electron chi connectivity index (χ2n) is 11.7. The summed E-state index contributed by atoms with van der Waals surface area (Å²) in [5, 5.41) is 19.9. The SMILES string of the molecule is CCCCCCCCCCCCCCc1ccc(N=NC2C(C)=CC(=O)N(CC(CC)CCCC)C2O)cc1. The van der Waals surface area contributed by atoms with Gasteiger partial charge in [0, 0.05) is 12.6 Å². The van der Waals surface area contributed by atoms with Crippen LogP contribution in [0.25, 0.3) is 0 Å². The summed E-state index contributed by atoms with van der Waals surface area (Å²) in [5.41, 5.74) is 2.88. The Morgan fingerprint density at radius 2 is 1.38 bits per heavy atom. The second-order valence-corrected chi connectivity index (χ2v) is 11.7. The number of hydrogen-bond donors (Lipinski definition) is 1. The smallest absolute Gasteiger partial charge is 0.248 e. The summed E-state index contributed by atoms with van der Waals surface area (Å²) in [6, 6.07) is 7.78. The van der Waals surface area contributed by atoms with Gasteiger partial charge in [-0.05, 0) is 55.4 Å². The molecule has 3 unspecified atom stereocenters. The molecule has 1 heterocycles. The Morgan fingerprint density at radius 3 is 1.95 bits per heavy atom. The van der Waals surface area contributed by atoms with Crippen molar-refractivity contribution in [2.75, 3.05) is 6.54 Å². The summed E-state index contributed by atoms with van der Waals surface area (Å²) in [6.07, 6.45) is 22.6. The average Bonchev–Trinajstić information content (AvgIpc) is 2.93. The van der Waals surface area contributed by atoms with Gasteiger partial charge < -0.3 is 10.0 Å². The Kier molecular flexibility index (Phi) is 17.0. The van der Waals surface area contributed by atoms with E-state index < -0.39 is 12.3 Å². The molecule has 1 aromatic rings. The lowest BCUT2D eigenvalue weighted by Gasteiger charge is -2.36. The highest BCUT2D eigenvalue weighted by atomic mass is 16.3. The van der Waals surface area contributed by atoms with Gasteiger partial charge in [0.2, 0.25) is 5.91 Å². The molecule has 39 heavy (non-hydrogen) atoms. The molecule has 0 aliphatic carbocycles. The normalized spacial score (nSPS) is 18.6. The first-order chi connectivity index (χ1) is 19.0. The first-order valence-corrected chi connectivity index (χ1v) is 16.2. The topological polar surface area (TPSA) is 65.3 Å². The van der Waals surface area contributed by atoms with Gasteiger partial charge in [0.1, 0.15) is 6.04 Å². The van der Waals surface area contributed by atoms with Gasteiger partial charge in [0.25, 0.3) is 0 Å². The minimum atomic E-state index is -0.966. The third-order valence-electron chi connectivity index (χ3n) is 8.25. The molecular weight excluding hydrogens is 482 g/mol. The van der Waals surface area contributed by atoms with E-state index in [1.165, 1.54) is 82.6 Å². The molecule has 1 aromatic carbocycles. The summed E-state index contributed by atoms with van der Waals surface area (Å²) in [6.45, 7) is 9.04. The Balaban J connectivity index is 1.72. The quantitative estimate of drug-likeness (QED) is 0.125. The van der Waals surface area contributed by atoms with Crippen LogP contribution in [0.3, 0.4) is 0 Å². The van der Waals surface area contributed by atoms with Crippen molar-refractivity contribution < 1.29 is 9.90 Å². The Bertz CT molecular complexity index is 849. The molecule has 1 amide bonds. The zero-order valence-electron chi connectivity index (χ0n) is 25.5. The van der Waals surface area contributed by atoms with E-state index in [1.54, 1.807) is 11.0 Å². The first kappa shape index (κ1) is 33.2. The van der Waals surface area contributed by atoms with Crippen LogP contribution in [0.1, 0.15) is 136 Å². The van der Waals surface area contributed by atoms with Crippen molar-refractivity contribution in [2.45, 2.75) is 149 Å². The predicted octanol–water partition coefficient (Wildman–Crippen LogP) is 9.71. The summed E-state index contributed by atoms with van der Waals surface area (Å²) in [7, 11) is 0. The summed E-state index contributed by atoms with van der Waals surface area (Å²) in [5.74, 6) is 0.272. The molecule has 2 rings (SSSR count). The largest absolute Gasteiger partial charge is 0.371 e. The minimum absolute atomic E-state index is 0.122. The number of carbonyl (C=O) groups is 1. The van der Waals surface area contributed by atoms with Gasteiger partial charge in [-0.15, -0.1) is 0 Å². The molecule has 1 N–H and O–H groups in total. The van der Waals surface area contributed by atoms with E-state index in [-0.39, 0.29) is 5.91 Å². The van der Waals surface area contributed by atoms with Gasteiger partial charge in [-0.3, -0.25) is 4.79 Å². The second kappa shape index (κ2) is 20.0. The fourth-order valence-electron chi connectivity index (χ4n) is 5.47. The third-order valence-corrected chi connectivity index (χ3v) is 8.25. The lowest BCUT2D eigenvalue weighted by molar-refractivity contribution is -0.139. The molecule has 0 saturated heterocycles. The molecule has 0 spiro atoms. The lowest BCUT2D eigenvalue weighted by Crippen LogP contribution is -2.51. The molecule has 5 nitrogen and oxygen atoms in total. The van der Waals surface area contributed by atoms with Crippen LogP contribution in [0.4, 0.5) is 5.69 Å². The van der Waals surface area contributed by atoms with E-state index >= 15 is 0 Å². The first-order valence-electron chi connectivity index (χ1n) is 16.2. The van der Waals surface area contributed by atoms with E-state index in [1.807, 2.05) is 19.1 Å². The van der Waals surface area contributed by atoms with Crippen molar-refractivity contribution in [1.29, 1.82) is 0 Å². The van der Waals surface area contributed by atoms with Crippen LogP contribution in [0, 0.1) is 5.92 Å². The molecule has 1 aliphatic rings. The number of carbonyl (C=O) groups excluding carboxylic acids is 1. The van der Waals surface area contributed by atoms with Gasteiger partial charge in [-0.2, -0.15) is 10.2 Å². The van der Waals surface area contributed by atoms with Gasteiger partial charge in [-0.25, -0.2) is 0 Å². The highest BCUT2D eigenvalue weighted by Gasteiger charge is 2.35. The summed E-state index contributed by atoms with van der Waals surface area (Å²) >= 11 is 0. The van der Waals surface area contributed by atoms with Crippen molar-refractivity contribution in [2.24, 2.45) is 16.1 Å². The van der Waals surface area contributed by atoms with E-state index in [0.717, 1.165) is 43.4 Å². The van der Waals surface area contributed by atoms with Crippen LogP contribution < -0.4 is 0 Å². The van der Waals surface area contributed by atoms with Gasteiger partial charge in [0.05, 0.1) is 5.69 Å².